The second-order valence-electron chi connectivity index (χ2n) is 9.07. The molecule has 2 atom stereocenters. The Bertz CT molecular complexity index is 850. The smallest absolute Gasteiger partial charge is 0.191 e. The lowest BCUT2D eigenvalue weighted by molar-refractivity contribution is -0.0250. The topological polar surface area (TPSA) is 48.9 Å². The number of para-hydroxylation sites is 1. The summed E-state index contributed by atoms with van der Waals surface area (Å²) in [4.78, 5) is 7.48. The van der Waals surface area contributed by atoms with Crippen molar-refractivity contribution >= 4 is 35.6 Å². The van der Waals surface area contributed by atoms with Gasteiger partial charge in [0.25, 0.3) is 0 Å². The number of guanidine groups is 1. The Hall–Kier alpha value is -1.80. The van der Waals surface area contributed by atoms with Crippen LogP contribution in [0.4, 0.5) is 5.69 Å². The molecule has 2 aromatic carbocycles. The molecule has 33 heavy (non-hydrogen) atoms. The lowest BCUT2D eigenvalue weighted by Gasteiger charge is -2.35. The molecule has 6 heteroatoms. The molecule has 2 heterocycles. The van der Waals surface area contributed by atoms with Crippen LogP contribution in [-0.2, 0) is 4.74 Å². The largest absolute Gasteiger partial charge is 0.373 e. The molecule has 0 saturated carbocycles. The summed E-state index contributed by atoms with van der Waals surface area (Å²) in [6.45, 7) is 8.92. The minimum Gasteiger partial charge on any atom is -0.373 e. The van der Waals surface area contributed by atoms with Gasteiger partial charge in [-0.25, -0.2) is 0 Å². The van der Waals surface area contributed by atoms with E-state index in [9.17, 15) is 0 Å². The molecule has 2 saturated heterocycles. The first kappa shape index (κ1) is 25.8. The van der Waals surface area contributed by atoms with Crippen molar-refractivity contribution in [2.45, 2.75) is 51.7 Å². The normalized spacial score (nSPS) is 21.9. The standard InChI is InChI=1S/C27H38N4O.HI/c1-3-28-27(30-24-15-17-31(18-16-24)25-9-5-4-6-10-25)29-20-23-8-7-19-32-26(23)22-13-11-21(2)12-14-22;/h4-6,9-14,23-24,26H,3,7-8,15-20H2,1-2H3,(H2,28,29,30);1H. The van der Waals surface area contributed by atoms with Gasteiger partial charge in [0.2, 0.25) is 0 Å². The first-order valence-electron chi connectivity index (χ1n) is 12.3. The van der Waals surface area contributed by atoms with E-state index in [0.29, 0.717) is 12.0 Å². The van der Waals surface area contributed by atoms with Crippen LogP contribution in [0.3, 0.4) is 0 Å². The van der Waals surface area contributed by atoms with Gasteiger partial charge in [-0.1, -0.05) is 48.0 Å². The zero-order valence-electron chi connectivity index (χ0n) is 20.0. The average Bonchev–Trinajstić information content (AvgIpc) is 2.84. The quantitative estimate of drug-likeness (QED) is 0.285. The SMILES string of the molecule is CCNC(=NCC1CCCOC1c1ccc(C)cc1)NC1CCN(c2ccccc2)CC1.I. The van der Waals surface area contributed by atoms with Crippen LogP contribution in [0.15, 0.2) is 59.6 Å². The molecule has 2 aromatic rings. The fourth-order valence-corrected chi connectivity index (χ4v) is 4.80. The molecule has 0 aromatic heterocycles. The highest BCUT2D eigenvalue weighted by Crippen LogP contribution is 2.34. The molecule has 180 valence electrons. The van der Waals surface area contributed by atoms with Gasteiger partial charge in [-0.15, -0.1) is 24.0 Å². The number of anilines is 1. The molecular weight excluding hydrogens is 523 g/mol. The van der Waals surface area contributed by atoms with Crippen LogP contribution in [-0.4, -0.2) is 44.8 Å². The van der Waals surface area contributed by atoms with Crippen molar-refractivity contribution in [3.63, 3.8) is 0 Å². The lowest BCUT2D eigenvalue weighted by atomic mass is 9.89. The number of benzene rings is 2. The Kier molecular flexibility index (Phi) is 10.3. The summed E-state index contributed by atoms with van der Waals surface area (Å²) in [5, 5.41) is 7.16. The van der Waals surface area contributed by atoms with E-state index in [-0.39, 0.29) is 30.1 Å². The van der Waals surface area contributed by atoms with E-state index in [0.717, 1.165) is 64.4 Å². The number of halogens is 1. The van der Waals surface area contributed by atoms with E-state index >= 15 is 0 Å². The van der Waals surface area contributed by atoms with Crippen LogP contribution in [0.25, 0.3) is 0 Å². The Morgan fingerprint density at radius 3 is 2.45 bits per heavy atom. The first-order valence-corrected chi connectivity index (χ1v) is 12.3. The molecule has 0 radical (unpaired) electrons. The lowest BCUT2D eigenvalue weighted by Crippen LogP contribution is -2.49. The molecule has 2 fully saturated rings. The van der Waals surface area contributed by atoms with Gasteiger partial charge in [0.05, 0.1) is 6.10 Å². The third-order valence-corrected chi connectivity index (χ3v) is 6.64. The van der Waals surface area contributed by atoms with Crippen molar-refractivity contribution in [2.75, 3.05) is 37.7 Å². The summed E-state index contributed by atoms with van der Waals surface area (Å²) < 4.78 is 6.20. The van der Waals surface area contributed by atoms with Crippen molar-refractivity contribution in [3.8, 4) is 0 Å². The highest BCUT2D eigenvalue weighted by Gasteiger charge is 2.27. The minimum atomic E-state index is 0. The summed E-state index contributed by atoms with van der Waals surface area (Å²) in [6.07, 6.45) is 4.67. The van der Waals surface area contributed by atoms with E-state index < -0.39 is 0 Å². The van der Waals surface area contributed by atoms with Crippen LogP contribution in [0.5, 0.6) is 0 Å². The molecule has 4 rings (SSSR count). The number of aryl methyl sites for hydroxylation is 1. The molecule has 0 aliphatic carbocycles. The van der Waals surface area contributed by atoms with Crippen molar-refractivity contribution in [1.29, 1.82) is 0 Å². The first-order chi connectivity index (χ1) is 15.7. The second-order valence-corrected chi connectivity index (χ2v) is 9.07. The van der Waals surface area contributed by atoms with E-state index in [1.54, 1.807) is 0 Å². The highest BCUT2D eigenvalue weighted by molar-refractivity contribution is 14.0. The summed E-state index contributed by atoms with van der Waals surface area (Å²) in [5.74, 6) is 1.36. The highest BCUT2D eigenvalue weighted by atomic mass is 127. The Morgan fingerprint density at radius 2 is 1.76 bits per heavy atom. The van der Waals surface area contributed by atoms with E-state index in [1.165, 1.54) is 16.8 Å². The van der Waals surface area contributed by atoms with Crippen LogP contribution in [0.2, 0.25) is 0 Å². The Balaban J connectivity index is 0.00000306. The van der Waals surface area contributed by atoms with Gasteiger partial charge in [0, 0.05) is 50.4 Å². The fourth-order valence-electron chi connectivity index (χ4n) is 4.80. The van der Waals surface area contributed by atoms with Gasteiger partial charge < -0.3 is 20.3 Å². The number of hydrogen-bond acceptors (Lipinski definition) is 3. The molecule has 0 amide bonds. The van der Waals surface area contributed by atoms with Crippen molar-refractivity contribution in [2.24, 2.45) is 10.9 Å². The van der Waals surface area contributed by atoms with Gasteiger partial charge in [-0.2, -0.15) is 0 Å². The van der Waals surface area contributed by atoms with Crippen LogP contribution in [0, 0.1) is 12.8 Å². The minimum absolute atomic E-state index is 0. The maximum Gasteiger partial charge on any atom is 0.191 e. The Labute approximate surface area is 216 Å². The Morgan fingerprint density at radius 1 is 1.03 bits per heavy atom. The molecule has 0 spiro atoms. The van der Waals surface area contributed by atoms with Gasteiger partial charge in [-0.05, 0) is 57.2 Å². The number of piperidine rings is 1. The molecule has 2 aliphatic heterocycles. The molecule has 0 bridgehead atoms. The molecule has 2 unspecified atom stereocenters. The molecule has 5 nitrogen and oxygen atoms in total. The van der Waals surface area contributed by atoms with E-state index in [4.69, 9.17) is 9.73 Å². The predicted octanol–water partition coefficient (Wildman–Crippen LogP) is 5.30. The van der Waals surface area contributed by atoms with Crippen molar-refractivity contribution < 1.29 is 4.74 Å². The zero-order chi connectivity index (χ0) is 22.2. The number of nitrogens with one attached hydrogen (secondary N) is 2. The summed E-state index contributed by atoms with van der Waals surface area (Å²) in [5.41, 5.74) is 3.89. The van der Waals surface area contributed by atoms with Gasteiger partial charge in [0.1, 0.15) is 0 Å². The van der Waals surface area contributed by atoms with Gasteiger partial charge in [-0.3, -0.25) is 4.99 Å². The van der Waals surface area contributed by atoms with Crippen LogP contribution < -0.4 is 15.5 Å². The van der Waals surface area contributed by atoms with Gasteiger partial charge in [0.15, 0.2) is 5.96 Å². The predicted molar refractivity (Wildman–Crippen MR) is 149 cm³/mol. The third kappa shape index (κ3) is 7.34. The van der Waals surface area contributed by atoms with Crippen LogP contribution >= 0.6 is 24.0 Å². The number of nitrogens with zero attached hydrogens (tertiary/aromatic N) is 2. The number of rotatable bonds is 6. The third-order valence-electron chi connectivity index (χ3n) is 6.64. The number of hydrogen-bond donors (Lipinski definition) is 2. The summed E-state index contributed by atoms with van der Waals surface area (Å²) >= 11 is 0. The monoisotopic (exact) mass is 562 g/mol. The number of aliphatic imine (C=N–C) groups is 1. The maximum absolute atomic E-state index is 6.20. The zero-order valence-corrected chi connectivity index (χ0v) is 22.3. The van der Waals surface area contributed by atoms with Crippen molar-refractivity contribution in [1.82, 2.24) is 10.6 Å². The van der Waals surface area contributed by atoms with E-state index in [1.807, 2.05) is 0 Å². The maximum atomic E-state index is 6.20. The number of ether oxygens (including phenoxy) is 1. The van der Waals surface area contributed by atoms with Gasteiger partial charge >= 0.3 is 0 Å². The summed E-state index contributed by atoms with van der Waals surface area (Å²) in [6, 6.07) is 20.0. The molecule has 2 N–H and O–H groups in total. The molecule has 2 aliphatic rings. The summed E-state index contributed by atoms with van der Waals surface area (Å²) in [7, 11) is 0. The fraction of sp³-hybridized carbons (Fsp3) is 0.519. The molecular formula is C27H39IN4O. The van der Waals surface area contributed by atoms with Crippen molar-refractivity contribution in [3.05, 3.63) is 65.7 Å². The second kappa shape index (κ2) is 13.2. The van der Waals surface area contributed by atoms with E-state index in [2.05, 4.69) is 84.0 Å². The average molecular weight is 563 g/mol. The van der Waals surface area contributed by atoms with Crippen LogP contribution in [0.1, 0.15) is 49.8 Å².